The van der Waals surface area contributed by atoms with Gasteiger partial charge in [0.05, 0.1) is 31.1 Å². The summed E-state index contributed by atoms with van der Waals surface area (Å²) in [4.78, 5) is 34.9. The highest BCUT2D eigenvalue weighted by Crippen LogP contribution is 2.41. The number of aromatic nitrogens is 5. The molecule has 0 saturated carbocycles. The van der Waals surface area contributed by atoms with Crippen LogP contribution in [-0.2, 0) is 26.2 Å². The maximum absolute atomic E-state index is 14.2. The minimum absolute atomic E-state index is 0.0972. The fraction of sp³-hybridized carbons (Fsp3) is 0.241. The Kier molecular flexibility index (Phi) is 6.63. The van der Waals surface area contributed by atoms with Crippen LogP contribution >= 0.6 is 0 Å². The smallest absolute Gasteiger partial charge is 0.435 e. The number of rotatable bonds is 6. The molecular formula is C29H24F3N7O4. The number of ether oxygens (including phenoxy) is 1. The van der Waals surface area contributed by atoms with Gasteiger partial charge in [0.15, 0.2) is 5.69 Å². The minimum atomic E-state index is -4.75. The Hall–Kier alpha value is -5.27. The van der Waals surface area contributed by atoms with Crippen LogP contribution < -0.4 is 9.64 Å². The Balaban J connectivity index is 1.54. The lowest BCUT2D eigenvalue weighted by atomic mass is 9.87. The molecule has 0 aliphatic carbocycles. The van der Waals surface area contributed by atoms with Crippen molar-refractivity contribution in [3.05, 3.63) is 93.2 Å². The number of nitrogens with zero attached hydrogens (tertiary/aromatic N) is 7. The Morgan fingerprint density at radius 2 is 1.86 bits per heavy atom. The second kappa shape index (κ2) is 10.2. The molecule has 0 radical (unpaired) electrons. The number of amides is 1. The molecule has 0 N–H and O–H groups in total. The number of pyridine rings is 1. The first-order valence-corrected chi connectivity index (χ1v) is 13.1. The molecule has 1 aliphatic heterocycles. The van der Waals surface area contributed by atoms with Gasteiger partial charge in [-0.05, 0) is 70.9 Å². The topological polar surface area (TPSA) is 121 Å². The lowest BCUT2D eigenvalue weighted by molar-refractivity contribution is -0.396. The second-order valence-corrected chi connectivity index (χ2v) is 10.3. The minimum Gasteiger partial charge on any atom is -0.495 e. The molecule has 0 bridgehead atoms. The maximum atomic E-state index is 14.2. The average Bonchev–Trinajstić information content (AvgIpc) is 3.59. The maximum Gasteiger partial charge on any atom is 0.435 e. The predicted molar refractivity (Wildman–Crippen MR) is 150 cm³/mol. The van der Waals surface area contributed by atoms with Crippen LogP contribution in [0.3, 0.4) is 0 Å². The third-order valence-electron chi connectivity index (χ3n) is 7.39. The van der Waals surface area contributed by atoms with Crippen molar-refractivity contribution >= 4 is 28.4 Å². The number of aryl methyl sites for hydroxylation is 2. The highest BCUT2D eigenvalue weighted by molar-refractivity contribution is 6.13. The van der Waals surface area contributed by atoms with Crippen LogP contribution in [0.2, 0.25) is 0 Å². The van der Waals surface area contributed by atoms with Crippen LogP contribution in [0.15, 0.2) is 55.1 Å². The van der Waals surface area contributed by atoms with Gasteiger partial charge in [-0.2, -0.15) is 18.3 Å². The van der Waals surface area contributed by atoms with E-state index in [1.165, 1.54) is 43.4 Å². The van der Waals surface area contributed by atoms with Gasteiger partial charge >= 0.3 is 12.1 Å². The van der Waals surface area contributed by atoms with Gasteiger partial charge < -0.3 is 19.8 Å². The number of fused-ring (bicyclic) bond motifs is 2. The van der Waals surface area contributed by atoms with E-state index in [1.54, 1.807) is 23.2 Å². The summed E-state index contributed by atoms with van der Waals surface area (Å²) in [6, 6.07) is 8.64. The third kappa shape index (κ3) is 4.94. The molecule has 0 atom stereocenters. The molecule has 1 amide bonds. The van der Waals surface area contributed by atoms with Crippen LogP contribution in [0.5, 0.6) is 5.75 Å². The fourth-order valence-corrected chi connectivity index (χ4v) is 5.57. The van der Waals surface area contributed by atoms with Crippen molar-refractivity contribution in [2.24, 2.45) is 7.05 Å². The standard InChI is InChI=1S/C29H24F3N7O4/c1-16-8-24-22(12-18(43-3)13-34-24)25(9-16)38-6-4-19-20(23-15-36(2)35-26(23)29(30,31)32)10-17(11-21(19)27(38)40)14-37-7-5-33-28(37)39(41)42/h5,7-13,15H,4,6,14H2,1-3H3. The first-order valence-electron chi connectivity index (χ1n) is 13.1. The largest absolute Gasteiger partial charge is 0.495 e. The van der Waals surface area contributed by atoms with Crippen molar-refractivity contribution in [1.82, 2.24) is 24.3 Å². The third-order valence-corrected chi connectivity index (χ3v) is 7.39. The quantitative estimate of drug-likeness (QED) is 0.193. The number of benzene rings is 2. The molecule has 43 heavy (non-hydrogen) atoms. The molecule has 14 heteroatoms. The normalized spacial score (nSPS) is 13.4. The molecular weight excluding hydrogens is 567 g/mol. The van der Waals surface area contributed by atoms with Gasteiger partial charge in [0.1, 0.15) is 18.1 Å². The molecule has 220 valence electrons. The van der Waals surface area contributed by atoms with E-state index in [4.69, 9.17) is 4.74 Å². The average molecular weight is 592 g/mol. The Bertz CT molecular complexity index is 1930. The number of methoxy groups -OCH3 is 1. The van der Waals surface area contributed by atoms with Gasteiger partial charge in [0.25, 0.3) is 5.91 Å². The van der Waals surface area contributed by atoms with Crippen molar-refractivity contribution in [2.45, 2.75) is 26.1 Å². The second-order valence-electron chi connectivity index (χ2n) is 10.3. The molecule has 0 spiro atoms. The number of anilines is 1. The van der Waals surface area contributed by atoms with Crippen LogP contribution in [-0.4, -0.2) is 48.8 Å². The summed E-state index contributed by atoms with van der Waals surface area (Å²) in [5.41, 5.74) is 2.07. The van der Waals surface area contributed by atoms with Gasteiger partial charge in [-0.25, -0.2) is 4.57 Å². The van der Waals surface area contributed by atoms with Gasteiger partial charge in [-0.3, -0.25) is 14.5 Å². The highest BCUT2D eigenvalue weighted by atomic mass is 19.4. The molecule has 4 heterocycles. The van der Waals surface area contributed by atoms with Crippen molar-refractivity contribution < 1.29 is 27.6 Å². The summed E-state index contributed by atoms with van der Waals surface area (Å²) in [7, 11) is 2.91. The van der Waals surface area contributed by atoms with Gasteiger partial charge in [-0.15, -0.1) is 0 Å². The molecule has 11 nitrogen and oxygen atoms in total. The van der Waals surface area contributed by atoms with E-state index in [1.807, 2.05) is 19.1 Å². The predicted octanol–water partition coefficient (Wildman–Crippen LogP) is 5.33. The SMILES string of the molecule is COc1cnc2cc(C)cc(N3CCc4c(cc(Cn5ccnc5[N+](=O)[O-])cc4-c4cn(C)nc4C(F)(F)F)C3=O)c2c1. The summed E-state index contributed by atoms with van der Waals surface area (Å²) in [6.07, 6.45) is 1.01. The number of halogens is 3. The number of nitro groups is 1. The van der Waals surface area contributed by atoms with Crippen LogP contribution in [0.4, 0.5) is 24.8 Å². The number of imidazole rings is 1. The van der Waals surface area contributed by atoms with E-state index in [9.17, 15) is 28.1 Å². The van der Waals surface area contributed by atoms with Gasteiger partial charge in [0, 0.05) is 36.3 Å². The fourth-order valence-electron chi connectivity index (χ4n) is 5.57. The van der Waals surface area contributed by atoms with E-state index in [0.717, 1.165) is 10.2 Å². The van der Waals surface area contributed by atoms with Gasteiger partial charge in [-0.1, -0.05) is 4.98 Å². The summed E-state index contributed by atoms with van der Waals surface area (Å²) in [5, 5.41) is 15.8. The monoisotopic (exact) mass is 591 g/mol. The van der Waals surface area contributed by atoms with Crippen molar-refractivity contribution in [1.29, 1.82) is 0 Å². The molecule has 2 aromatic carbocycles. The van der Waals surface area contributed by atoms with E-state index < -0.39 is 28.6 Å². The zero-order chi connectivity index (χ0) is 30.6. The molecule has 0 unspecified atom stereocenters. The van der Waals surface area contributed by atoms with Gasteiger partial charge in [0.2, 0.25) is 0 Å². The first-order chi connectivity index (χ1) is 20.4. The number of hydrogen-bond acceptors (Lipinski definition) is 7. The molecule has 0 fully saturated rings. The summed E-state index contributed by atoms with van der Waals surface area (Å²) < 4.78 is 49.9. The van der Waals surface area contributed by atoms with Crippen LogP contribution in [0, 0.1) is 17.0 Å². The van der Waals surface area contributed by atoms with Crippen LogP contribution in [0.25, 0.3) is 22.0 Å². The summed E-state index contributed by atoms with van der Waals surface area (Å²) in [6.45, 7) is 1.98. The van der Waals surface area contributed by atoms with E-state index in [2.05, 4.69) is 15.1 Å². The lowest BCUT2D eigenvalue weighted by Crippen LogP contribution is -2.38. The Morgan fingerprint density at radius 3 is 2.58 bits per heavy atom. The molecule has 3 aromatic heterocycles. The molecule has 6 rings (SSSR count). The zero-order valence-electron chi connectivity index (χ0n) is 23.2. The van der Waals surface area contributed by atoms with Crippen molar-refractivity contribution in [3.63, 3.8) is 0 Å². The molecule has 0 saturated heterocycles. The lowest BCUT2D eigenvalue weighted by Gasteiger charge is -2.31. The summed E-state index contributed by atoms with van der Waals surface area (Å²) >= 11 is 0. The number of carbonyl (C=O) groups excluding carboxylic acids is 1. The van der Waals surface area contributed by atoms with E-state index in [0.29, 0.717) is 33.5 Å². The number of alkyl halides is 3. The van der Waals surface area contributed by atoms with Crippen LogP contribution in [0.1, 0.15) is 32.7 Å². The first kappa shape index (κ1) is 27.9. The molecule has 5 aromatic rings. The Morgan fingerprint density at radius 1 is 1.09 bits per heavy atom. The number of carbonyl (C=O) groups is 1. The van der Waals surface area contributed by atoms with Crippen molar-refractivity contribution in [2.75, 3.05) is 18.6 Å². The van der Waals surface area contributed by atoms with E-state index >= 15 is 0 Å². The Labute approximate surface area is 242 Å². The van der Waals surface area contributed by atoms with E-state index in [-0.39, 0.29) is 36.2 Å². The van der Waals surface area contributed by atoms with Crippen molar-refractivity contribution in [3.8, 4) is 16.9 Å². The molecule has 1 aliphatic rings. The summed E-state index contributed by atoms with van der Waals surface area (Å²) in [5.74, 6) is -0.348. The zero-order valence-corrected chi connectivity index (χ0v) is 23.2. The number of hydrogen-bond donors (Lipinski definition) is 0. The highest BCUT2D eigenvalue weighted by Gasteiger charge is 2.39.